The zero-order valence-corrected chi connectivity index (χ0v) is 10.1. The first-order valence-electron chi connectivity index (χ1n) is 5.65. The lowest BCUT2D eigenvalue weighted by Crippen LogP contribution is -2.47. The zero-order valence-electron chi connectivity index (χ0n) is 10.1. The molecule has 5 nitrogen and oxygen atoms in total. The minimum absolute atomic E-state index is 0.00462. The van der Waals surface area contributed by atoms with Crippen molar-refractivity contribution < 1.29 is 14.7 Å². The van der Waals surface area contributed by atoms with Crippen molar-refractivity contribution in [3.8, 4) is 0 Å². The van der Waals surface area contributed by atoms with Gasteiger partial charge >= 0.3 is 5.97 Å². The minimum Gasteiger partial charge on any atom is -0.480 e. The number of carbonyl (C=O) groups is 2. The number of aliphatic carboxylic acids is 1. The Morgan fingerprint density at radius 2 is 2.25 bits per heavy atom. The molecule has 0 bridgehead atoms. The summed E-state index contributed by atoms with van der Waals surface area (Å²) in [6, 6.07) is -0.953. The lowest BCUT2D eigenvalue weighted by Gasteiger charge is -2.20. The average molecular weight is 228 g/mol. The molecule has 2 atom stereocenters. The Kier molecular flexibility index (Phi) is 4.29. The third-order valence-corrected chi connectivity index (χ3v) is 2.84. The number of nitrogens with one attached hydrogen (secondary N) is 1. The second kappa shape index (κ2) is 5.30. The fraction of sp³-hybridized carbons (Fsp3) is 0.818. The first kappa shape index (κ1) is 13.0. The molecule has 0 radical (unpaired) electrons. The van der Waals surface area contributed by atoms with Crippen LogP contribution in [0.3, 0.4) is 0 Å². The highest BCUT2D eigenvalue weighted by atomic mass is 16.4. The molecule has 92 valence electrons. The summed E-state index contributed by atoms with van der Waals surface area (Å²) < 4.78 is 0. The fourth-order valence-corrected chi connectivity index (χ4v) is 1.93. The van der Waals surface area contributed by atoms with Crippen LogP contribution in [-0.4, -0.2) is 47.6 Å². The third kappa shape index (κ3) is 3.20. The first-order valence-corrected chi connectivity index (χ1v) is 5.65. The van der Waals surface area contributed by atoms with E-state index in [1.54, 1.807) is 11.9 Å². The van der Waals surface area contributed by atoms with Gasteiger partial charge in [0.2, 0.25) is 5.91 Å². The van der Waals surface area contributed by atoms with E-state index in [0.717, 1.165) is 0 Å². The summed E-state index contributed by atoms with van der Waals surface area (Å²) in [7, 11) is 1.74. The number of likely N-dealkylation sites (N-methyl/N-ethyl adjacent to an activating group) is 1. The molecular weight excluding hydrogens is 208 g/mol. The summed E-state index contributed by atoms with van der Waals surface area (Å²) in [4.78, 5) is 24.3. The number of hydrogen-bond donors (Lipinski definition) is 2. The van der Waals surface area contributed by atoms with Crippen LogP contribution in [0.2, 0.25) is 0 Å². The smallest absolute Gasteiger partial charge is 0.320 e. The maximum absolute atomic E-state index is 11.6. The average Bonchev–Trinajstić information content (AvgIpc) is 2.47. The van der Waals surface area contributed by atoms with Crippen LogP contribution < -0.4 is 5.32 Å². The van der Waals surface area contributed by atoms with Gasteiger partial charge in [-0.1, -0.05) is 13.8 Å². The number of hydrogen-bond acceptors (Lipinski definition) is 3. The van der Waals surface area contributed by atoms with Crippen LogP contribution in [0.1, 0.15) is 26.7 Å². The summed E-state index contributed by atoms with van der Waals surface area (Å²) in [6.45, 7) is 4.64. The van der Waals surface area contributed by atoms with E-state index in [4.69, 9.17) is 5.11 Å². The number of rotatable bonds is 5. The molecule has 1 saturated heterocycles. The molecular formula is C11H20N2O3. The number of nitrogens with zero attached hydrogens (tertiary/aromatic N) is 1. The lowest BCUT2D eigenvalue weighted by atomic mass is 10.0. The maximum atomic E-state index is 11.6. The molecule has 2 unspecified atom stereocenters. The van der Waals surface area contributed by atoms with Gasteiger partial charge < -0.3 is 10.0 Å². The van der Waals surface area contributed by atoms with Crippen molar-refractivity contribution in [2.45, 2.75) is 38.8 Å². The topological polar surface area (TPSA) is 69.6 Å². The number of carboxylic acid groups (broad SMARTS) is 1. The van der Waals surface area contributed by atoms with Crippen molar-refractivity contribution in [2.24, 2.45) is 5.92 Å². The van der Waals surface area contributed by atoms with Crippen LogP contribution in [0.25, 0.3) is 0 Å². The molecule has 0 aliphatic carbocycles. The highest BCUT2D eigenvalue weighted by Crippen LogP contribution is 2.12. The molecule has 5 heteroatoms. The highest BCUT2D eigenvalue weighted by molar-refractivity contribution is 5.84. The van der Waals surface area contributed by atoms with E-state index in [1.807, 2.05) is 13.8 Å². The Morgan fingerprint density at radius 3 is 2.62 bits per heavy atom. The Balaban J connectivity index is 2.55. The summed E-state index contributed by atoms with van der Waals surface area (Å²) >= 11 is 0. The Morgan fingerprint density at radius 1 is 1.62 bits per heavy atom. The van der Waals surface area contributed by atoms with Crippen molar-refractivity contribution >= 4 is 11.9 Å². The molecule has 0 aromatic rings. The number of carbonyl (C=O) groups excluding carboxylic acids is 1. The van der Waals surface area contributed by atoms with Gasteiger partial charge in [-0.3, -0.25) is 14.9 Å². The van der Waals surface area contributed by atoms with Gasteiger partial charge in [0.1, 0.15) is 6.04 Å². The molecule has 0 saturated carbocycles. The summed E-state index contributed by atoms with van der Waals surface area (Å²) in [5.74, 6) is -0.589. The van der Waals surface area contributed by atoms with E-state index in [2.05, 4.69) is 5.32 Å². The molecule has 1 heterocycles. The van der Waals surface area contributed by atoms with Crippen molar-refractivity contribution in [1.29, 1.82) is 0 Å². The second-order valence-electron chi connectivity index (χ2n) is 4.79. The van der Waals surface area contributed by atoms with Crippen LogP contribution in [0, 0.1) is 5.92 Å². The van der Waals surface area contributed by atoms with Crippen LogP contribution in [0.5, 0.6) is 0 Å². The molecule has 1 amide bonds. The molecule has 0 spiro atoms. The summed E-state index contributed by atoms with van der Waals surface area (Å²) in [6.07, 6.45) is 1.24. The van der Waals surface area contributed by atoms with Gasteiger partial charge in [-0.15, -0.1) is 0 Å². The highest BCUT2D eigenvalue weighted by Gasteiger charge is 2.32. The Hall–Kier alpha value is -1.10. The van der Waals surface area contributed by atoms with Gasteiger partial charge in [0.05, 0.1) is 6.04 Å². The predicted octanol–water partition coefficient (Wildman–Crippen LogP) is 0.306. The van der Waals surface area contributed by atoms with E-state index < -0.39 is 12.0 Å². The van der Waals surface area contributed by atoms with Gasteiger partial charge in [-0.05, 0) is 18.8 Å². The van der Waals surface area contributed by atoms with Crippen LogP contribution in [0.15, 0.2) is 0 Å². The van der Waals surface area contributed by atoms with E-state index in [1.165, 1.54) is 0 Å². The van der Waals surface area contributed by atoms with Crippen molar-refractivity contribution in [3.05, 3.63) is 0 Å². The Bertz CT molecular complexity index is 278. The lowest BCUT2D eigenvalue weighted by molar-refractivity contribution is -0.140. The van der Waals surface area contributed by atoms with E-state index in [-0.39, 0.29) is 11.9 Å². The largest absolute Gasteiger partial charge is 0.480 e. The number of amides is 1. The molecule has 1 aliphatic heterocycles. The zero-order chi connectivity index (χ0) is 12.3. The number of likely N-dealkylation sites (tertiary alicyclic amines) is 1. The molecule has 2 N–H and O–H groups in total. The van der Waals surface area contributed by atoms with Gasteiger partial charge in [0, 0.05) is 13.6 Å². The first-order chi connectivity index (χ1) is 7.41. The van der Waals surface area contributed by atoms with Crippen LogP contribution >= 0.6 is 0 Å². The maximum Gasteiger partial charge on any atom is 0.320 e. The van der Waals surface area contributed by atoms with Gasteiger partial charge in [-0.25, -0.2) is 0 Å². The monoisotopic (exact) mass is 228 g/mol. The van der Waals surface area contributed by atoms with Crippen LogP contribution in [-0.2, 0) is 9.59 Å². The predicted molar refractivity (Wildman–Crippen MR) is 60.1 cm³/mol. The van der Waals surface area contributed by atoms with Crippen molar-refractivity contribution in [3.63, 3.8) is 0 Å². The summed E-state index contributed by atoms with van der Waals surface area (Å²) in [5.41, 5.74) is 0. The molecule has 1 fully saturated rings. The molecule has 1 aliphatic rings. The fourth-order valence-electron chi connectivity index (χ4n) is 1.93. The van der Waals surface area contributed by atoms with E-state index in [0.29, 0.717) is 25.3 Å². The van der Waals surface area contributed by atoms with Crippen molar-refractivity contribution in [2.75, 3.05) is 13.6 Å². The third-order valence-electron chi connectivity index (χ3n) is 2.84. The summed E-state index contributed by atoms with van der Waals surface area (Å²) in [5, 5.41) is 12.0. The van der Waals surface area contributed by atoms with Crippen LogP contribution in [0.4, 0.5) is 0 Å². The minimum atomic E-state index is -0.879. The van der Waals surface area contributed by atoms with E-state index >= 15 is 0 Å². The molecule has 0 aromatic carbocycles. The van der Waals surface area contributed by atoms with Gasteiger partial charge in [-0.2, -0.15) is 0 Å². The van der Waals surface area contributed by atoms with Gasteiger partial charge in [0.15, 0.2) is 0 Å². The Labute approximate surface area is 95.8 Å². The molecule has 16 heavy (non-hydrogen) atoms. The molecule has 0 aromatic heterocycles. The van der Waals surface area contributed by atoms with Gasteiger partial charge in [0.25, 0.3) is 0 Å². The number of carboxylic acids is 1. The normalized spacial score (nSPS) is 22.9. The molecule has 1 rings (SSSR count). The van der Waals surface area contributed by atoms with Crippen molar-refractivity contribution in [1.82, 2.24) is 10.2 Å². The second-order valence-corrected chi connectivity index (χ2v) is 4.79. The quantitative estimate of drug-likeness (QED) is 0.710. The standard InChI is InChI=1S/C11H20N2O3/c1-7(2)6-9(11(15)16)12-8-4-5-13(3)10(8)14/h7-9,12H,4-6H2,1-3H3,(H,15,16). The SMILES string of the molecule is CC(C)CC(NC1CCN(C)C1=O)C(=O)O. The van der Waals surface area contributed by atoms with E-state index in [9.17, 15) is 9.59 Å².